The van der Waals surface area contributed by atoms with E-state index in [9.17, 15) is 0 Å². The van der Waals surface area contributed by atoms with Crippen LogP contribution in [0.4, 0.5) is 0 Å². The molecule has 0 saturated heterocycles. The third kappa shape index (κ3) is 1.48. The fourth-order valence-corrected chi connectivity index (χ4v) is 2.12. The van der Waals surface area contributed by atoms with Crippen molar-refractivity contribution in [3.8, 4) is 17.0 Å². The number of aryl methyl sites for hydroxylation is 1. The maximum atomic E-state index is 5.96. The minimum Gasteiger partial charge on any atom is -0.481 e. The van der Waals surface area contributed by atoms with Crippen molar-refractivity contribution < 1.29 is 4.74 Å². The normalized spacial score (nSPS) is 15.7. The second kappa shape index (κ2) is 3.26. The van der Waals surface area contributed by atoms with Crippen molar-refractivity contribution in [2.75, 3.05) is 0 Å². The molecule has 0 amide bonds. The van der Waals surface area contributed by atoms with Crippen LogP contribution in [-0.2, 0) is 5.60 Å². The lowest BCUT2D eigenvalue weighted by molar-refractivity contribution is 0.0986. The standard InChI is InChI=1S/C13H13N3O/c1-8-4-5-10-9(6-8)11-12(13(2,3)17-10)16-15-7-14-11/h4-7H,1-3H3. The maximum absolute atomic E-state index is 5.96. The Morgan fingerprint density at radius 3 is 2.88 bits per heavy atom. The highest BCUT2D eigenvalue weighted by atomic mass is 16.5. The molecule has 2 heterocycles. The van der Waals surface area contributed by atoms with Gasteiger partial charge in [0.1, 0.15) is 29.1 Å². The molecule has 1 aromatic carbocycles. The molecule has 0 radical (unpaired) electrons. The highest BCUT2D eigenvalue weighted by Crippen LogP contribution is 2.42. The number of nitrogens with zero attached hydrogens (tertiary/aromatic N) is 3. The fourth-order valence-electron chi connectivity index (χ4n) is 2.12. The van der Waals surface area contributed by atoms with E-state index in [1.165, 1.54) is 11.9 Å². The van der Waals surface area contributed by atoms with E-state index in [0.29, 0.717) is 0 Å². The number of benzene rings is 1. The highest BCUT2D eigenvalue weighted by molar-refractivity contribution is 5.72. The summed E-state index contributed by atoms with van der Waals surface area (Å²) < 4.78 is 5.96. The monoisotopic (exact) mass is 227 g/mol. The summed E-state index contributed by atoms with van der Waals surface area (Å²) in [4.78, 5) is 4.34. The summed E-state index contributed by atoms with van der Waals surface area (Å²) in [6.07, 6.45) is 1.48. The molecule has 86 valence electrons. The maximum Gasteiger partial charge on any atom is 0.149 e. The SMILES string of the molecule is Cc1ccc2c(c1)-c1ncnnc1C(C)(C)O2. The van der Waals surface area contributed by atoms with E-state index in [4.69, 9.17) is 4.74 Å². The molecular weight excluding hydrogens is 214 g/mol. The molecule has 4 heteroatoms. The van der Waals surface area contributed by atoms with Crippen molar-refractivity contribution >= 4 is 0 Å². The van der Waals surface area contributed by atoms with Gasteiger partial charge in [-0.15, -0.1) is 10.2 Å². The molecule has 0 unspecified atom stereocenters. The number of hydrogen-bond acceptors (Lipinski definition) is 4. The van der Waals surface area contributed by atoms with Crippen LogP contribution in [0.3, 0.4) is 0 Å². The molecule has 2 aromatic rings. The average molecular weight is 227 g/mol. The van der Waals surface area contributed by atoms with Gasteiger partial charge in [-0.1, -0.05) is 11.6 Å². The van der Waals surface area contributed by atoms with Crippen molar-refractivity contribution in [2.24, 2.45) is 0 Å². The third-order valence-corrected chi connectivity index (χ3v) is 2.95. The molecule has 0 aliphatic carbocycles. The van der Waals surface area contributed by atoms with E-state index in [-0.39, 0.29) is 0 Å². The van der Waals surface area contributed by atoms with Crippen LogP contribution in [0.1, 0.15) is 25.1 Å². The number of fused-ring (bicyclic) bond motifs is 3. The van der Waals surface area contributed by atoms with E-state index in [0.717, 1.165) is 22.7 Å². The van der Waals surface area contributed by atoms with Crippen molar-refractivity contribution in [3.05, 3.63) is 35.8 Å². The molecule has 0 spiro atoms. The minimum absolute atomic E-state index is 0.487. The van der Waals surface area contributed by atoms with Crippen LogP contribution in [0.2, 0.25) is 0 Å². The van der Waals surface area contributed by atoms with E-state index in [2.05, 4.69) is 21.2 Å². The van der Waals surface area contributed by atoms with Gasteiger partial charge in [-0.25, -0.2) is 4.98 Å². The first-order valence-corrected chi connectivity index (χ1v) is 5.56. The quantitative estimate of drug-likeness (QED) is 0.693. The summed E-state index contributed by atoms with van der Waals surface area (Å²) in [7, 11) is 0. The minimum atomic E-state index is -0.487. The second-order valence-corrected chi connectivity index (χ2v) is 4.77. The Bertz CT molecular complexity index is 593. The van der Waals surface area contributed by atoms with E-state index in [1.54, 1.807) is 0 Å². The highest BCUT2D eigenvalue weighted by Gasteiger charge is 2.35. The van der Waals surface area contributed by atoms with E-state index in [1.807, 2.05) is 32.9 Å². The first kappa shape index (κ1) is 10.2. The fraction of sp³-hybridized carbons (Fsp3) is 0.308. The lowest BCUT2D eigenvalue weighted by Crippen LogP contribution is -2.31. The Labute approximate surface area is 99.7 Å². The smallest absolute Gasteiger partial charge is 0.149 e. The summed E-state index contributed by atoms with van der Waals surface area (Å²) in [5.74, 6) is 0.855. The van der Waals surface area contributed by atoms with Gasteiger partial charge >= 0.3 is 0 Å². The van der Waals surface area contributed by atoms with Crippen LogP contribution in [0.15, 0.2) is 24.5 Å². The van der Waals surface area contributed by atoms with Gasteiger partial charge in [0, 0.05) is 5.56 Å². The molecule has 0 saturated carbocycles. The van der Waals surface area contributed by atoms with Crippen LogP contribution in [-0.4, -0.2) is 15.2 Å². The molecule has 0 bridgehead atoms. The first-order chi connectivity index (χ1) is 8.08. The summed E-state index contributed by atoms with van der Waals surface area (Å²) >= 11 is 0. The zero-order valence-electron chi connectivity index (χ0n) is 10.1. The molecule has 4 nitrogen and oxygen atoms in total. The second-order valence-electron chi connectivity index (χ2n) is 4.77. The third-order valence-electron chi connectivity index (χ3n) is 2.95. The molecule has 1 aromatic heterocycles. The molecule has 17 heavy (non-hydrogen) atoms. The topological polar surface area (TPSA) is 47.9 Å². The van der Waals surface area contributed by atoms with Gasteiger partial charge < -0.3 is 4.74 Å². The molecule has 1 aliphatic rings. The number of hydrogen-bond donors (Lipinski definition) is 0. The molecule has 0 atom stereocenters. The van der Waals surface area contributed by atoms with Gasteiger partial charge in [-0.05, 0) is 32.9 Å². The first-order valence-electron chi connectivity index (χ1n) is 5.56. The van der Waals surface area contributed by atoms with Crippen LogP contribution in [0.5, 0.6) is 5.75 Å². The predicted molar refractivity (Wildman–Crippen MR) is 63.7 cm³/mol. The molecule has 0 fully saturated rings. The van der Waals surface area contributed by atoms with Gasteiger partial charge in [-0.3, -0.25) is 0 Å². The van der Waals surface area contributed by atoms with Gasteiger partial charge in [-0.2, -0.15) is 0 Å². The Balaban J connectivity index is 2.33. The van der Waals surface area contributed by atoms with E-state index >= 15 is 0 Å². The predicted octanol–water partition coefficient (Wildman–Crippen LogP) is 2.47. The van der Waals surface area contributed by atoms with Crippen LogP contribution in [0.25, 0.3) is 11.3 Å². The van der Waals surface area contributed by atoms with Crippen LogP contribution < -0.4 is 4.74 Å². The average Bonchev–Trinajstić information content (AvgIpc) is 2.30. The molecule has 0 N–H and O–H groups in total. The van der Waals surface area contributed by atoms with Crippen LogP contribution >= 0.6 is 0 Å². The van der Waals surface area contributed by atoms with Gasteiger partial charge in [0.05, 0.1) is 0 Å². The van der Waals surface area contributed by atoms with Gasteiger partial charge in [0.2, 0.25) is 0 Å². The number of aromatic nitrogens is 3. The van der Waals surface area contributed by atoms with E-state index < -0.39 is 5.60 Å². The summed E-state index contributed by atoms with van der Waals surface area (Å²) in [6, 6.07) is 6.09. The summed E-state index contributed by atoms with van der Waals surface area (Å²) in [5, 5.41) is 8.01. The zero-order chi connectivity index (χ0) is 12.0. The largest absolute Gasteiger partial charge is 0.481 e. The van der Waals surface area contributed by atoms with Gasteiger partial charge in [0.15, 0.2) is 0 Å². The molecule has 3 rings (SSSR count). The Kier molecular flexibility index (Phi) is 1.96. The number of rotatable bonds is 0. The zero-order valence-corrected chi connectivity index (χ0v) is 10.1. The number of ether oxygens (including phenoxy) is 1. The summed E-state index contributed by atoms with van der Waals surface area (Å²) in [6.45, 7) is 6.00. The molecular formula is C13H13N3O. The summed E-state index contributed by atoms with van der Waals surface area (Å²) in [5.41, 5.74) is 3.35. The lowest BCUT2D eigenvalue weighted by Gasteiger charge is -2.32. The van der Waals surface area contributed by atoms with Crippen molar-refractivity contribution in [1.29, 1.82) is 0 Å². The lowest BCUT2D eigenvalue weighted by atomic mass is 9.94. The Morgan fingerprint density at radius 2 is 2.06 bits per heavy atom. The Morgan fingerprint density at radius 1 is 1.24 bits per heavy atom. The van der Waals surface area contributed by atoms with Crippen LogP contribution in [0, 0.1) is 6.92 Å². The van der Waals surface area contributed by atoms with Crippen molar-refractivity contribution in [3.63, 3.8) is 0 Å². The van der Waals surface area contributed by atoms with Gasteiger partial charge in [0.25, 0.3) is 0 Å². The molecule has 1 aliphatic heterocycles. The van der Waals surface area contributed by atoms with Crippen molar-refractivity contribution in [1.82, 2.24) is 15.2 Å². The van der Waals surface area contributed by atoms with Crippen molar-refractivity contribution in [2.45, 2.75) is 26.4 Å². The Hall–Kier alpha value is -1.97.